The molecule has 0 radical (unpaired) electrons. The van der Waals surface area contributed by atoms with Gasteiger partial charge in [-0.15, -0.1) is 27.0 Å². The molecule has 0 aromatic carbocycles. The standard InChI is InChI=1S/C8H10N6O2S/c1-15-6-11-5(12-7(13-6)16-2)8(17-3)9-4-10-14-8/h4H,1-3H3. The molecule has 1 aromatic rings. The predicted octanol–water partition coefficient (Wildman–Crippen LogP) is 0.856. The molecular weight excluding hydrogens is 244 g/mol. The molecule has 1 aliphatic heterocycles. The average Bonchev–Trinajstić information content (AvgIpc) is 2.88. The molecule has 0 bridgehead atoms. The van der Waals surface area contributed by atoms with Gasteiger partial charge in [0, 0.05) is 0 Å². The number of hydrogen-bond donors (Lipinski definition) is 0. The van der Waals surface area contributed by atoms with Crippen molar-refractivity contribution in [3.05, 3.63) is 5.82 Å². The molecule has 2 heterocycles. The summed E-state index contributed by atoms with van der Waals surface area (Å²) < 4.78 is 9.94. The van der Waals surface area contributed by atoms with Crippen LogP contribution in [0.3, 0.4) is 0 Å². The Morgan fingerprint density at radius 1 is 1.12 bits per heavy atom. The Balaban J connectivity index is 2.50. The minimum atomic E-state index is -0.969. The molecule has 8 nitrogen and oxygen atoms in total. The lowest BCUT2D eigenvalue weighted by molar-refractivity contribution is 0.333. The minimum absolute atomic E-state index is 0.151. The summed E-state index contributed by atoms with van der Waals surface area (Å²) in [6.07, 6.45) is 3.20. The molecule has 9 heteroatoms. The molecule has 0 fully saturated rings. The van der Waals surface area contributed by atoms with Crippen molar-refractivity contribution in [2.24, 2.45) is 15.2 Å². The quantitative estimate of drug-likeness (QED) is 0.790. The van der Waals surface area contributed by atoms with Crippen LogP contribution in [0.15, 0.2) is 15.2 Å². The van der Waals surface area contributed by atoms with E-state index in [1.54, 1.807) is 0 Å². The van der Waals surface area contributed by atoms with Gasteiger partial charge in [-0.05, 0) is 6.26 Å². The summed E-state index contributed by atoms with van der Waals surface area (Å²) >= 11 is 1.35. The fraction of sp³-hybridized carbons (Fsp3) is 0.500. The molecule has 0 saturated heterocycles. The molecule has 1 aliphatic rings. The van der Waals surface area contributed by atoms with Gasteiger partial charge in [-0.25, -0.2) is 4.99 Å². The van der Waals surface area contributed by atoms with Crippen LogP contribution >= 0.6 is 11.8 Å². The number of aromatic nitrogens is 3. The van der Waals surface area contributed by atoms with Crippen molar-refractivity contribution in [3.8, 4) is 12.0 Å². The van der Waals surface area contributed by atoms with Crippen molar-refractivity contribution in [2.45, 2.75) is 4.99 Å². The summed E-state index contributed by atoms with van der Waals surface area (Å²) in [5.41, 5.74) is 0. The molecule has 0 saturated carbocycles. The summed E-state index contributed by atoms with van der Waals surface area (Å²) in [5.74, 6) is 0.325. The van der Waals surface area contributed by atoms with Gasteiger partial charge >= 0.3 is 12.0 Å². The minimum Gasteiger partial charge on any atom is -0.467 e. The van der Waals surface area contributed by atoms with Crippen LogP contribution in [-0.4, -0.2) is 41.8 Å². The monoisotopic (exact) mass is 254 g/mol. The van der Waals surface area contributed by atoms with Gasteiger partial charge in [-0.2, -0.15) is 9.97 Å². The first kappa shape index (κ1) is 11.7. The Morgan fingerprint density at radius 2 is 1.76 bits per heavy atom. The summed E-state index contributed by atoms with van der Waals surface area (Å²) in [4.78, 5) is 15.3. The topological polar surface area (TPSA) is 94.2 Å². The van der Waals surface area contributed by atoms with E-state index < -0.39 is 4.99 Å². The Kier molecular flexibility index (Phi) is 3.18. The van der Waals surface area contributed by atoms with Gasteiger partial charge in [0.25, 0.3) is 4.99 Å². The van der Waals surface area contributed by atoms with Crippen molar-refractivity contribution >= 4 is 18.1 Å². The highest BCUT2D eigenvalue weighted by molar-refractivity contribution is 7.99. The third-order valence-electron chi connectivity index (χ3n) is 2.01. The molecule has 0 spiro atoms. The van der Waals surface area contributed by atoms with Crippen molar-refractivity contribution in [1.82, 2.24) is 15.0 Å². The first-order valence-electron chi connectivity index (χ1n) is 4.59. The number of rotatable bonds is 4. The van der Waals surface area contributed by atoms with E-state index in [1.165, 1.54) is 32.3 Å². The van der Waals surface area contributed by atoms with Gasteiger partial charge in [0.1, 0.15) is 6.34 Å². The zero-order valence-electron chi connectivity index (χ0n) is 9.49. The lowest BCUT2D eigenvalue weighted by Gasteiger charge is -2.17. The van der Waals surface area contributed by atoms with Gasteiger partial charge in [-0.3, -0.25) is 0 Å². The first-order valence-corrected chi connectivity index (χ1v) is 5.82. The van der Waals surface area contributed by atoms with E-state index in [2.05, 4.69) is 30.2 Å². The Bertz CT molecular complexity index is 443. The summed E-state index contributed by atoms with van der Waals surface area (Å²) in [6, 6.07) is 0.301. The average molecular weight is 254 g/mol. The van der Waals surface area contributed by atoms with Crippen LogP contribution in [-0.2, 0) is 4.99 Å². The van der Waals surface area contributed by atoms with Crippen LogP contribution in [0, 0.1) is 0 Å². The van der Waals surface area contributed by atoms with Gasteiger partial charge in [0.05, 0.1) is 14.2 Å². The highest BCUT2D eigenvalue weighted by Crippen LogP contribution is 2.38. The van der Waals surface area contributed by atoms with Gasteiger partial charge in [-0.1, -0.05) is 0 Å². The highest BCUT2D eigenvalue weighted by Gasteiger charge is 2.37. The van der Waals surface area contributed by atoms with E-state index in [-0.39, 0.29) is 12.0 Å². The summed E-state index contributed by atoms with van der Waals surface area (Å²) in [7, 11) is 2.92. The van der Waals surface area contributed by atoms with Crippen molar-refractivity contribution < 1.29 is 9.47 Å². The largest absolute Gasteiger partial charge is 0.467 e. The zero-order chi connectivity index (χ0) is 12.3. The SMILES string of the molecule is COc1nc(OC)nc(C2(SC)N=CN=N2)n1. The fourth-order valence-electron chi connectivity index (χ4n) is 1.19. The molecule has 0 amide bonds. The number of methoxy groups -OCH3 is 2. The molecule has 0 aliphatic carbocycles. The highest BCUT2D eigenvalue weighted by atomic mass is 32.2. The molecular formula is C8H10N6O2S. The maximum atomic E-state index is 4.97. The van der Waals surface area contributed by atoms with Crippen LogP contribution in [0.5, 0.6) is 12.0 Å². The maximum absolute atomic E-state index is 4.97. The number of aliphatic imine (C=N–C) groups is 1. The van der Waals surface area contributed by atoms with Crippen molar-refractivity contribution in [1.29, 1.82) is 0 Å². The van der Waals surface area contributed by atoms with Crippen LogP contribution in [0.4, 0.5) is 0 Å². The van der Waals surface area contributed by atoms with Gasteiger partial charge < -0.3 is 9.47 Å². The van der Waals surface area contributed by atoms with Crippen LogP contribution < -0.4 is 9.47 Å². The number of ether oxygens (including phenoxy) is 2. The maximum Gasteiger partial charge on any atom is 0.322 e. The second-order valence-electron chi connectivity index (χ2n) is 2.90. The smallest absolute Gasteiger partial charge is 0.322 e. The molecule has 1 aromatic heterocycles. The third-order valence-corrected chi connectivity index (χ3v) is 2.95. The molecule has 1 unspecified atom stereocenters. The normalized spacial score (nSPS) is 21.8. The zero-order valence-corrected chi connectivity index (χ0v) is 10.3. The van der Waals surface area contributed by atoms with Crippen LogP contribution in [0.2, 0.25) is 0 Å². The second-order valence-corrected chi connectivity index (χ2v) is 3.88. The lowest BCUT2D eigenvalue weighted by atomic mass is 10.5. The fourth-order valence-corrected chi connectivity index (χ4v) is 1.74. The Morgan fingerprint density at radius 3 is 2.18 bits per heavy atom. The summed E-state index contributed by atoms with van der Waals surface area (Å²) in [6.45, 7) is 0. The molecule has 0 N–H and O–H groups in total. The predicted molar refractivity (Wildman–Crippen MR) is 61.5 cm³/mol. The van der Waals surface area contributed by atoms with Crippen LogP contribution in [0.1, 0.15) is 5.82 Å². The van der Waals surface area contributed by atoms with Crippen molar-refractivity contribution in [3.63, 3.8) is 0 Å². The van der Waals surface area contributed by atoms with E-state index in [9.17, 15) is 0 Å². The first-order chi connectivity index (χ1) is 8.24. The second kappa shape index (κ2) is 4.62. The lowest BCUT2D eigenvalue weighted by Crippen LogP contribution is -2.19. The van der Waals surface area contributed by atoms with E-state index >= 15 is 0 Å². The molecule has 90 valence electrons. The number of hydrogen-bond acceptors (Lipinski definition) is 9. The van der Waals surface area contributed by atoms with Crippen molar-refractivity contribution in [2.75, 3.05) is 20.5 Å². The van der Waals surface area contributed by atoms with Crippen LogP contribution in [0.25, 0.3) is 0 Å². The Hall–Kier alpha value is -1.77. The molecule has 2 rings (SSSR count). The van der Waals surface area contributed by atoms with Gasteiger partial charge in [0.2, 0.25) is 5.82 Å². The number of azo groups is 1. The Labute approximate surface area is 102 Å². The third kappa shape index (κ3) is 2.05. The van der Waals surface area contributed by atoms with E-state index in [0.29, 0.717) is 5.82 Å². The van der Waals surface area contributed by atoms with E-state index in [4.69, 9.17) is 9.47 Å². The van der Waals surface area contributed by atoms with E-state index in [0.717, 1.165) is 0 Å². The summed E-state index contributed by atoms with van der Waals surface area (Å²) in [5, 5.41) is 7.73. The molecule has 17 heavy (non-hydrogen) atoms. The number of thioether (sulfide) groups is 1. The molecule has 1 atom stereocenters. The van der Waals surface area contributed by atoms with E-state index in [1.807, 2.05) is 6.26 Å². The van der Waals surface area contributed by atoms with Gasteiger partial charge in [0.15, 0.2) is 0 Å². The number of nitrogens with zero attached hydrogens (tertiary/aromatic N) is 6.